The molecule has 1 aromatic heterocycles. The number of nitrogens with one attached hydrogen (secondary N) is 1. The van der Waals surface area contributed by atoms with Crippen LogP contribution < -0.4 is 15.0 Å². The van der Waals surface area contributed by atoms with Crippen LogP contribution in [0.3, 0.4) is 0 Å². The van der Waals surface area contributed by atoms with Crippen molar-refractivity contribution in [1.82, 2.24) is 20.1 Å². The summed E-state index contributed by atoms with van der Waals surface area (Å²) in [6.07, 6.45) is 0.127. The van der Waals surface area contributed by atoms with Crippen LogP contribution in [0.25, 0.3) is 10.9 Å². The Hall–Kier alpha value is -4.23. The van der Waals surface area contributed by atoms with Crippen molar-refractivity contribution in [3.05, 3.63) is 65.0 Å². The van der Waals surface area contributed by atoms with Crippen LogP contribution in [0.15, 0.2) is 42.5 Å². The summed E-state index contributed by atoms with van der Waals surface area (Å²) in [5, 5.41) is 2.86. The number of hydrogen-bond donors (Lipinski definition) is 1. The molecule has 6 heterocycles. The summed E-state index contributed by atoms with van der Waals surface area (Å²) in [6.45, 7) is 1.94. The van der Waals surface area contributed by atoms with Crippen LogP contribution in [0.4, 0.5) is 19.0 Å². The number of rotatable bonds is 6. The number of nitrogens with zero attached hydrogens (tertiary/aromatic N) is 4. The molecule has 3 aromatic rings. The number of piperidine rings is 1. The maximum atomic E-state index is 15.3. The molecule has 8 rings (SSSR count). The maximum absolute atomic E-state index is 15.3. The van der Waals surface area contributed by atoms with E-state index in [1.165, 1.54) is 28.0 Å². The van der Waals surface area contributed by atoms with Crippen molar-refractivity contribution >= 4 is 34.4 Å². The van der Waals surface area contributed by atoms with Crippen LogP contribution in [0, 0.1) is 11.7 Å². The van der Waals surface area contributed by atoms with Gasteiger partial charge in [0.15, 0.2) is 6.10 Å². The van der Waals surface area contributed by atoms with Crippen molar-refractivity contribution < 1.29 is 37.0 Å². The minimum Gasteiger partial charge on any atom is -0.483 e. The lowest BCUT2D eigenvalue weighted by molar-refractivity contribution is -0.136. The summed E-state index contributed by atoms with van der Waals surface area (Å²) in [5.74, 6) is -3.55. The Bertz CT molecular complexity index is 1760. The Kier molecular flexibility index (Phi) is 6.94. The van der Waals surface area contributed by atoms with E-state index in [1.807, 2.05) is 12.1 Å². The van der Waals surface area contributed by atoms with E-state index in [0.29, 0.717) is 33.8 Å². The number of fused-ring (bicyclic) bond motifs is 3. The first kappa shape index (κ1) is 29.2. The second-order valence-electron chi connectivity index (χ2n) is 12.9. The molecule has 4 saturated heterocycles. The highest BCUT2D eigenvalue weighted by molar-refractivity contribution is 6.05. The van der Waals surface area contributed by atoms with Crippen LogP contribution in [0.1, 0.15) is 40.7 Å². The molecule has 0 aliphatic carbocycles. The Morgan fingerprint density at radius 3 is 2.74 bits per heavy atom. The van der Waals surface area contributed by atoms with Gasteiger partial charge >= 0.3 is 0 Å². The minimum absolute atomic E-state index is 0.0817. The molecule has 4 atom stereocenters. The number of pyridine rings is 1. The van der Waals surface area contributed by atoms with Crippen molar-refractivity contribution in [3.8, 4) is 5.75 Å². The predicted molar refractivity (Wildman–Crippen MR) is 159 cm³/mol. The van der Waals surface area contributed by atoms with Crippen LogP contribution >= 0.6 is 0 Å². The average molecular weight is 636 g/mol. The van der Waals surface area contributed by atoms with Gasteiger partial charge in [0.25, 0.3) is 11.8 Å². The first-order chi connectivity index (χ1) is 22.1. The molecule has 5 aliphatic rings. The first-order valence-electron chi connectivity index (χ1n) is 15.6. The monoisotopic (exact) mass is 635 g/mol. The summed E-state index contributed by atoms with van der Waals surface area (Å²) >= 11 is 0. The van der Waals surface area contributed by atoms with Crippen LogP contribution in [-0.2, 0) is 27.4 Å². The summed E-state index contributed by atoms with van der Waals surface area (Å²) < 4.78 is 57.2. The lowest BCUT2D eigenvalue weighted by Gasteiger charge is -2.29. The molecule has 13 heteroatoms. The number of hydrogen-bond acceptors (Lipinski definition) is 8. The smallest absolute Gasteiger partial charge is 0.297 e. The fourth-order valence-electron chi connectivity index (χ4n) is 7.50. The Morgan fingerprint density at radius 2 is 1.91 bits per heavy atom. The number of benzene rings is 2. The number of anilines is 1. The molecule has 2 aromatic carbocycles. The largest absolute Gasteiger partial charge is 0.483 e. The van der Waals surface area contributed by atoms with E-state index in [1.54, 1.807) is 12.1 Å². The number of carbonyl (C=O) groups is 3. The highest BCUT2D eigenvalue weighted by Gasteiger charge is 2.50. The number of carbonyl (C=O) groups excluding carboxylic acids is 3. The zero-order valence-corrected chi connectivity index (χ0v) is 24.9. The third-order valence-corrected chi connectivity index (χ3v) is 9.83. The normalized spacial score (nSPS) is 27.4. The van der Waals surface area contributed by atoms with Gasteiger partial charge < -0.3 is 19.3 Å². The van der Waals surface area contributed by atoms with Gasteiger partial charge in [-0.3, -0.25) is 24.6 Å². The summed E-state index contributed by atoms with van der Waals surface area (Å²) in [5.41, 5.74) is 1.74. The van der Waals surface area contributed by atoms with Gasteiger partial charge in [-0.05, 0) is 66.4 Å². The van der Waals surface area contributed by atoms with Crippen LogP contribution in [0.5, 0.6) is 5.75 Å². The molecule has 10 nitrogen and oxygen atoms in total. The standard InChI is InChI=1S/C33H32F3N5O5/c34-24-10-18(9-19-1-5-28(37-30(19)24)40-13-20-7-8-45-26(20)15-40)12-39-16-27(33(35,36)17-39)46-22-2-3-23-21(11-22)14-41(32(23)44)25-4-6-29(42)38-31(25)43/h1-3,5,9-11,20,25-27H,4,6-8,12-17H2,(H,38,42,43)/t20-,25-,26+,27+/m0/s1. The number of alkyl halides is 2. The molecule has 0 unspecified atom stereocenters. The minimum atomic E-state index is -3.17. The lowest BCUT2D eigenvalue weighted by atomic mass is 10.0. The molecule has 0 spiro atoms. The van der Waals surface area contributed by atoms with Crippen LogP contribution in [0.2, 0.25) is 0 Å². The third-order valence-electron chi connectivity index (χ3n) is 9.83. The zero-order chi connectivity index (χ0) is 31.7. The molecule has 0 radical (unpaired) electrons. The molecule has 3 amide bonds. The molecule has 0 bridgehead atoms. The van der Waals surface area contributed by atoms with E-state index in [0.717, 1.165) is 26.1 Å². The lowest BCUT2D eigenvalue weighted by Crippen LogP contribution is -2.52. The number of aromatic nitrogens is 1. The first-order valence-corrected chi connectivity index (χ1v) is 15.6. The van der Waals surface area contributed by atoms with E-state index >= 15 is 13.2 Å². The maximum Gasteiger partial charge on any atom is 0.297 e. The SMILES string of the molecule is O=C1CC[C@H](N2Cc3cc(O[C@@H]4CN(Cc5cc(F)c6nc(N7C[C@@H]8CCO[C@@H]8C7)ccc6c5)CC4(F)F)ccc3C2=O)C(=O)N1. The van der Waals surface area contributed by atoms with Crippen LogP contribution in [-0.4, -0.2) is 89.5 Å². The van der Waals surface area contributed by atoms with Gasteiger partial charge in [0.1, 0.15) is 28.9 Å². The highest BCUT2D eigenvalue weighted by Crippen LogP contribution is 2.36. The highest BCUT2D eigenvalue weighted by atomic mass is 19.3. The Morgan fingerprint density at radius 1 is 1.04 bits per heavy atom. The van der Waals surface area contributed by atoms with E-state index in [-0.39, 0.29) is 61.7 Å². The van der Waals surface area contributed by atoms with Gasteiger partial charge in [-0.15, -0.1) is 0 Å². The van der Waals surface area contributed by atoms with Gasteiger partial charge in [0.05, 0.1) is 12.6 Å². The Labute approximate surface area is 262 Å². The quantitative estimate of drug-likeness (QED) is 0.412. The van der Waals surface area contributed by atoms with E-state index in [2.05, 4.69) is 15.2 Å². The molecule has 1 N–H and O–H groups in total. The van der Waals surface area contributed by atoms with Crippen molar-refractivity contribution in [2.75, 3.05) is 37.7 Å². The summed E-state index contributed by atoms with van der Waals surface area (Å²) in [4.78, 5) is 46.5. The van der Waals surface area contributed by atoms with E-state index < -0.39 is 36.3 Å². The second kappa shape index (κ2) is 10.9. The van der Waals surface area contributed by atoms with Crippen molar-refractivity contribution in [3.63, 3.8) is 0 Å². The fourth-order valence-corrected chi connectivity index (χ4v) is 7.50. The van der Waals surface area contributed by atoms with Gasteiger partial charge in [-0.1, -0.05) is 0 Å². The number of likely N-dealkylation sites (tertiary alicyclic amines) is 1. The topological polar surface area (TPSA) is 104 Å². The van der Waals surface area contributed by atoms with E-state index in [9.17, 15) is 14.4 Å². The molecule has 0 saturated carbocycles. The molecule has 5 aliphatic heterocycles. The summed E-state index contributed by atoms with van der Waals surface area (Å²) in [7, 11) is 0. The van der Waals surface area contributed by atoms with Gasteiger partial charge in [0, 0.05) is 62.6 Å². The molecular weight excluding hydrogens is 603 g/mol. The number of imide groups is 1. The molecule has 4 fully saturated rings. The Balaban J connectivity index is 0.933. The molecular formula is C33H32F3N5O5. The van der Waals surface area contributed by atoms with Crippen molar-refractivity contribution in [1.29, 1.82) is 0 Å². The number of amides is 3. The second-order valence-corrected chi connectivity index (χ2v) is 12.9. The van der Waals surface area contributed by atoms with Gasteiger partial charge in [-0.2, -0.15) is 0 Å². The predicted octanol–water partition coefficient (Wildman–Crippen LogP) is 3.26. The number of ether oxygens (including phenoxy) is 2. The zero-order valence-electron chi connectivity index (χ0n) is 24.9. The molecule has 46 heavy (non-hydrogen) atoms. The fraction of sp³-hybridized carbons (Fsp3) is 0.455. The van der Waals surface area contributed by atoms with Crippen molar-refractivity contribution in [2.24, 2.45) is 5.92 Å². The average Bonchev–Trinajstić information content (AvgIpc) is 3.76. The van der Waals surface area contributed by atoms with Crippen molar-refractivity contribution in [2.45, 2.75) is 56.5 Å². The van der Waals surface area contributed by atoms with Gasteiger partial charge in [-0.25, -0.2) is 18.2 Å². The van der Waals surface area contributed by atoms with Gasteiger partial charge in [0.2, 0.25) is 11.8 Å². The van der Waals surface area contributed by atoms with E-state index in [4.69, 9.17) is 9.47 Å². The molecule has 240 valence electrons. The third kappa shape index (κ3) is 5.15. The summed E-state index contributed by atoms with van der Waals surface area (Å²) in [6, 6.07) is 10.6. The number of halogens is 3.